The lowest BCUT2D eigenvalue weighted by Crippen LogP contribution is -2.05. The van der Waals surface area contributed by atoms with E-state index in [1.54, 1.807) is 0 Å². The first kappa shape index (κ1) is 11.4. The molecular weight excluding hydrogens is 273 g/mol. The maximum atomic E-state index is 6.22. The molecule has 0 aliphatic heterocycles. The first-order valence-electron chi connectivity index (χ1n) is 5.13. The van der Waals surface area contributed by atoms with Crippen molar-refractivity contribution >= 4 is 27.5 Å². The van der Waals surface area contributed by atoms with Gasteiger partial charge < -0.3 is 5.73 Å². The fraction of sp³-hybridized carbons (Fsp3) is 0.500. The van der Waals surface area contributed by atoms with Crippen LogP contribution in [0, 0.1) is 11.3 Å². The molecule has 1 fully saturated rings. The minimum Gasteiger partial charge on any atom is -0.330 e. The van der Waals surface area contributed by atoms with Gasteiger partial charge in [-0.2, -0.15) is 0 Å². The van der Waals surface area contributed by atoms with Crippen molar-refractivity contribution < 1.29 is 0 Å². The number of rotatable bonds is 2. The van der Waals surface area contributed by atoms with Crippen LogP contribution >= 0.6 is 27.5 Å². The standard InChI is InChI=1S/C12H15BrClN/c1-12(2)9(6-15)11(12)8-5-7(13)3-4-10(8)14/h3-5,9,11H,6,15H2,1-2H3/t9-,11-/m1/s1. The molecule has 2 atom stereocenters. The highest BCUT2D eigenvalue weighted by molar-refractivity contribution is 9.10. The summed E-state index contributed by atoms with van der Waals surface area (Å²) in [6, 6.07) is 6.03. The van der Waals surface area contributed by atoms with E-state index in [1.807, 2.05) is 12.1 Å². The number of hydrogen-bond donors (Lipinski definition) is 1. The average Bonchev–Trinajstić information content (AvgIpc) is 2.72. The quantitative estimate of drug-likeness (QED) is 0.880. The van der Waals surface area contributed by atoms with Gasteiger partial charge in [-0.3, -0.25) is 0 Å². The molecule has 1 nitrogen and oxygen atoms in total. The van der Waals surface area contributed by atoms with Crippen LogP contribution in [0.15, 0.2) is 22.7 Å². The Labute approximate surface area is 104 Å². The Balaban J connectivity index is 2.36. The van der Waals surface area contributed by atoms with Crippen LogP contribution in [0.25, 0.3) is 0 Å². The highest BCUT2D eigenvalue weighted by Crippen LogP contribution is 2.64. The van der Waals surface area contributed by atoms with Gasteiger partial charge >= 0.3 is 0 Å². The molecule has 0 spiro atoms. The predicted octanol–water partition coefficient (Wildman–Crippen LogP) is 3.80. The number of halogens is 2. The van der Waals surface area contributed by atoms with Gasteiger partial charge in [-0.1, -0.05) is 41.4 Å². The smallest absolute Gasteiger partial charge is 0.0441 e. The molecule has 1 aliphatic rings. The molecule has 0 unspecified atom stereocenters. The molecule has 82 valence electrons. The SMILES string of the molecule is CC1(C)[C@H](CN)[C@H]1c1cc(Br)ccc1Cl. The van der Waals surface area contributed by atoms with Crippen molar-refractivity contribution in [3.05, 3.63) is 33.3 Å². The molecule has 0 saturated heterocycles. The second-order valence-corrected chi connectivity index (χ2v) is 6.13. The minimum absolute atomic E-state index is 0.291. The first-order chi connectivity index (χ1) is 6.98. The molecule has 1 aromatic rings. The van der Waals surface area contributed by atoms with Crippen LogP contribution in [-0.4, -0.2) is 6.54 Å². The van der Waals surface area contributed by atoms with Crippen LogP contribution < -0.4 is 5.73 Å². The van der Waals surface area contributed by atoms with Gasteiger partial charge in [0.05, 0.1) is 0 Å². The summed E-state index contributed by atoms with van der Waals surface area (Å²) in [5.41, 5.74) is 7.29. The molecule has 15 heavy (non-hydrogen) atoms. The summed E-state index contributed by atoms with van der Waals surface area (Å²) in [5.74, 6) is 1.07. The molecule has 2 N–H and O–H groups in total. The molecule has 1 saturated carbocycles. The van der Waals surface area contributed by atoms with E-state index in [1.165, 1.54) is 5.56 Å². The fourth-order valence-electron chi connectivity index (χ4n) is 2.55. The summed E-state index contributed by atoms with van der Waals surface area (Å²) in [6.45, 7) is 5.25. The van der Waals surface area contributed by atoms with Crippen molar-refractivity contribution in [2.24, 2.45) is 17.1 Å². The second kappa shape index (κ2) is 3.76. The van der Waals surface area contributed by atoms with Gasteiger partial charge in [0.1, 0.15) is 0 Å². The molecule has 0 amide bonds. The van der Waals surface area contributed by atoms with Crippen molar-refractivity contribution in [1.29, 1.82) is 0 Å². The third kappa shape index (κ3) is 1.83. The molecule has 1 aliphatic carbocycles. The molecule has 2 rings (SSSR count). The van der Waals surface area contributed by atoms with Crippen molar-refractivity contribution in [2.45, 2.75) is 19.8 Å². The summed E-state index contributed by atoms with van der Waals surface area (Å²) in [4.78, 5) is 0. The third-order valence-electron chi connectivity index (χ3n) is 3.60. The van der Waals surface area contributed by atoms with Crippen LogP contribution in [0.3, 0.4) is 0 Å². The van der Waals surface area contributed by atoms with Crippen molar-refractivity contribution in [3.63, 3.8) is 0 Å². The van der Waals surface area contributed by atoms with E-state index in [-0.39, 0.29) is 0 Å². The molecule has 3 heteroatoms. The van der Waals surface area contributed by atoms with Crippen LogP contribution in [-0.2, 0) is 0 Å². The minimum atomic E-state index is 0.291. The highest BCUT2D eigenvalue weighted by Gasteiger charge is 2.57. The normalized spacial score (nSPS) is 27.8. The van der Waals surface area contributed by atoms with E-state index in [0.717, 1.165) is 16.0 Å². The second-order valence-electron chi connectivity index (χ2n) is 4.81. The Morgan fingerprint density at radius 2 is 2.13 bits per heavy atom. The van der Waals surface area contributed by atoms with Crippen LogP contribution in [0.5, 0.6) is 0 Å². The van der Waals surface area contributed by atoms with Crippen molar-refractivity contribution in [2.75, 3.05) is 6.54 Å². The van der Waals surface area contributed by atoms with Crippen LogP contribution in [0.2, 0.25) is 5.02 Å². The molecule has 0 heterocycles. The molecule has 1 aromatic carbocycles. The largest absolute Gasteiger partial charge is 0.330 e. The Bertz CT molecular complexity index is 389. The summed E-state index contributed by atoms with van der Waals surface area (Å²) in [5, 5.41) is 0.854. The van der Waals surface area contributed by atoms with Crippen LogP contribution in [0.4, 0.5) is 0 Å². The summed E-state index contributed by atoms with van der Waals surface area (Å²) >= 11 is 9.70. The van der Waals surface area contributed by atoms with Crippen LogP contribution in [0.1, 0.15) is 25.3 Å². The molecule has 0 bridgehead atoms. The van der Waals surface area contributed by atoms with Gasteiger partial charge in [0.25, 0.3) is 0 Å². The zero-order valence-electron chi connectivity index (χ0n) is 8.93. The van der Waals surface area contributed by atoms with E-state index < -0.39 is 0 Å². The molecule has 0 radical (unpaired) electrons. The lowest BCUT2D eigenvalue weighted by atomic mass is 10.0. The maximum Gasteiger partial charge on any atom is 0.0441 e. The van der Waals surface area contributed by atoms with E-state index in [0.29, 0.717) is 17.3 Å². The van der Waals surface area contributed by atoms with Gasteiger partial charge in [0.15, 0.2) is 0 Å². The van der Waals surface area contributed by atoms with E-state index in [2.05, 4.69) is 35.8 Å². The van der Waals surface area contributed by atoms with Gasteiger partial charge in [-0.05, 0) is 47.6 Å². The Morgan fingerprint density at radius 3 is 2.67 bits per heavy atom. The Kier molecular flexibility index (Phi) is 2.87. The van der Waals surface area contributed by atoms with E-state index in [4.69, 9.17) is 17.3 Å². The molecular formula is C12H15BrClN. The zero-order chi connectivity index (χ0) is 11.2. The van der Waals surface area contributed by atoms with Gasteiger partial charge in [-0.15, -0.1) is 0 Å². The van der Waals surface area contributed by atoms with Crippen molar-refractivity contribution in [1.82, 2.24) is 0 Å². The van der Waals surface area contributed by atoms with E-state index >= 15 is 0 Å². The van der Waals surface area contributed by atoms with E-state index in [9.17, 15) is 0 Å². The first-order valence-corrected chi connectivity index (χ1v) is 6.30. The number of nitrogens with two attached hydrogens (primary N) is 1. The number of hydrogen-bond acceptors (Lipinski definition) is 1. The fourth-order valence-corrected chi connectivity index (χ4v) is 3.17. The Morgan fingerprint density at radius 1 is 1.47 bits per heavy atom. The third-order valence-corrected chi connectivity index (χ3v) is 4.43. The zero-order valence-corrected chi connectivity index (χ0v) is 11.3. The predicted molar refractivity (Wildman–Crippen MR) is 68.2 cm³/mol. The summed E-state index contributed by atoms with van der Waals surface area (Å²) < 4.78 is 1.08. The Hall–Kier alpha value is -0.0500. The average molecular weight is 289 g/mol. The molecule has 0 aromatic heterocycles. The maximum absolute atomic E-state index is 6.22. The summed E-state index contributed by atoms with van der Waals surface area (Å²) in [7, 11) is 0. The topological polar surface area (TPSA) is 26.0 Å². The highest BCUT2D eigenvalue weighted by atomic mass is 79.9. The lowest BCUT2D eigenvalue weighted by molar-refractivity contribution is 0.558. The van der Waals surface area contributed by atoms with Gasteiger partial charge in [0.2, 0.25) is 0 Å². The summed E-state index contributed by atoms with van der Waals surface area (Å²) in [6.07, 6.45) is 0. The monoisotopic (exact) mass is 287 g/mol. The van der Waals surface area contributed by atoms with Gasteiger partial charge in [-0.25, -0.2) is 0 Å². The lowest BCUT2D eigenvalue weighted by Gasteiger charge is -2.06. The number of benzene rings is 1. The van der Waals surface area contributed by atoms with Crippen molar-refractivity contribution in [3.8, 4) is 0 Å². The van der Waals surface area contributed by atoms with Gasteiger partial charge in [0, 0.05) is 9.50 Å².